The van der Waals surface area contributed by atoms with E-state index in [0.717, 1.165) is 25.3 Å². The van der Waals surface area contributed by atoms with Gasteiger partial charge >= 0.3 is 0 Å². The van der Waals surface area contributed by atoms with Gasteiger partial charge in [-0.2, -0.15) is 5.10 Å². The second kappa shape index (κ2) is 5.22. The van der Waals surface area contributed by atoms with E-state index in [1.54, 1.807) is 0 Å². The van der Waals surface area contributed by atoms with E-state index in [9.17, 15) is 0 Å². The van der Waals surface area contributed by atoms with Gasteiger partial charge in [-0.3, -0.25) is 4.68 Å². The average Bonchev–Trinajstić information content (AvgIpc) is 2.60. The molecule has 16 heavy (non-hydrogen) atoms. The molecule has 0 unspecified atom stereocenters. The van der Waals surface area contributed by atoms with Gasteiger partial charge in [0, 0.05) is 17.8 Å². The molecule has 1 aliphatic rings. The van der Waals surface area contributed by atoms with Crippen LogP contribution in [-0.2, 0) is 25.3 Å². The van der Waals surface area contributed by atoms with Gasteiger partial charge in [-0.15, -0.1) is 11.6 Å². The maximum Gasteiger partial charge on any atom is 0.0668 e. The normalized spacial score (nSPS) is 16.4. The van der Waals surface area contributed by atoms with Crippen molar-refractivity contribution in [1.29, 1.82) is 0 Å². The fourth-order valence-electron chi connectivity index (χ4n) is 2.49. The van der Waals surface area contributed by atoms with Crippen LogP contribution in [0.3, 0.4) is 0 Å². The van der Waals surface area contributed by atoms with Gasteiger partial charge in [0.15, 0.2) is 0 Å². The zero-order valence-corrected chi connectivity index (χ0v) is 11.1. The number of aryl methyl sites for hydroxylation is 1. The lowest BCUT2D eigenvalue weighted by Gasteiger charge is -2.25. The smallest absolute Gasteiger partial charge is 0.0668 e. The lowest BCUT2D eigenvalue weighted by Crippen LogP contribution is -2.20. The van der Waals surface area contributed by atoms with Crippen LogP contribution in [0, 0.1) is 5.92 Å². The van der Waals surface area contributed by atoms with Crippen LogP contribution in [0.15, 0.2) is 0 Å². The Morgan fingerprint density at radius 3 is 2.50 bits per heavy atom. The Bertz CT molecular complexity index is 353. The Kier molecular flexibility index (Phi) is 3.91. The minimum absolute atomic E-state index is 0.608. The van der Waals surface area contributed by atoms with Crippen molar-refractivity contribution in [3.63, 3.8) is 0 Å². The molecule has 0 bridgehead atoms. The second-order valence-corrected chi connectivity index (χ2v) is 4.96. The van der Waals surface area contributed by atoms with Crippen molar-refractivity contribution in [2.45, 2.75) is 58.4 Å². The molecule has 0 saturated heterocycles. The van der Waals surface area contributed by atoms with Gasteiger partial charge in [-0.1, -0.05) is 20.3 Å². The minimum atomic E-state index is 0.608. The van der Waals surface area contributed by atoms with Gasteiger partial charge in [0.2, 0.25) is 0 Å². The summed E-state index contributed by atoms with van der Waals surface area (Å²) in [5, 5.41) is 4.72. The van der Waals surface area contributed by atoms with E-state index in [1.165, 1.54) is 36.2 Å². The molecule has 0 aromatic carbocycles. The highest BCUT2D eigenvalue weighted by atomic mass is 35.5. The molecular formula is C13H21ClN2. The van der Waals surface area contributed by atoms with Crippen molar-refractivity contribution in [3.8, 4) is 0 Å². The molecule has 0 N–H and O–H groups in total. The van der Waals surface area contributed by atoms with Gasteiger partial charge in [-0.25, -0.2) is 0 Å². The van der Waals surface area contributed by atoms with Crippen molar-refractivity contribution in [1.82, 2.24) is 9.78 Å². The van der Waals surface area contributed by atoms with Crippen molar-refractivity contribution < 1.29 is 0 Å². The number of hydrogen-bond donors (Lipinski definition) is 0. The molecule has 1 aliphatic carbocycles. The summed E-state index contributed by atoms with van der Waals surface area (Å²) in [5.74, 6) is 1.47. The van der Waals surface area contributed by atoms with Crippen molar-refractivity contribution in [2.75, 3.05) is 0 Å². The number of alkyl halides is 1. The Morgan fingerprint density at radius 2 is 2.06 bits per heavy atom. The number of nitrogens with zero attached hydrogens (tertiary/aromatic N) is 2. The second-order valence-electron chi connectivity index (χ2n) is 4.69. The zero-order valence-electron chi connectivity index (χ0n) is 10.3. The van der Waals surface area contributed by atoms with E-state index in [2.05, 4.69) is 18.5 Å². The fourth-order valence-corrected chi connectivity index (χ4v) is 2.80. The highest BCUT2D eigenvalue weighted by molar-refractivity contribution is 6.17. The fraction of sp³-hybridized carbons (Fsp3) is 0.769. The monoisotopic (exact) mass is 240 g/mol. The molecule has 1 fully saturated rings. The standard InChI is InChI=1S/C13H21ClN2/c1-3-12-11(8-14)13(4-2)16(15-12)9-10-6-5-7-10/h10H,3-9H2,1-2H3. The molecule has 0 radical (unpaired) electrons. The first kappa shape index (κ1) is 12.0. The maximum absolute atomic E-state index is 6.04. The summed E-state index contributed by atoms with van der Waals surface area (Å²) in [5.41, 5.74) is 3.84. The summed E-state index contributed by atoms with van der Waals surface area (Å²) >= 11 is 6.04. The van der Waals surface area contributed by atoms with E-state index in [1.807, 2.05) is 0 Å². The molecular weight excluding hydrogens is 220 g/mol. The molecule has 90 valence electrons. The largest absolute Gasteiger partial charge is 0.269 e. The maximum atomic E-state index is 6.04. The number of aromatic nitrogens is 2. The Morgan fingerprint density at radius 1 is 1.31 bits per heavy atom. The van der Waals surface area contributed by atoms with E-state index >= 15 is 0 Å². The summed E-state index contributed by atoms with van der Waals surface area (Å²) in [6, 6.07) is 0. The number of hydrogen-bond acceptors (Lipinski definition) is 1. The molecule has 1 aromatic rings. The summed E-state index contributed by atoms with van der Waals surface area (Å²) in [6.45, 7) is 5.46. The van der Waals surface area contributed by atoms with Crippen molar-refractivity contribution >= 4 is 11.6 Å². The van der Waals surface area contributed by atoms with E-state index in [0.29, 0.717) is 5.88 Å². The molecule has 2 nitrogen and oxygen atoms in total. The molecule has 1 saturated carbocycles. The molecule has 0 atom stereocenters. The highest BCUT2D eigenvalue weighted by Gasteiger charge is 2.21. The van der Waals surface area contributed by atoms with Crippen LogP contribution < -0.4 is 0 Å². The van der Waals surface area contributed by atoms with Crippen LogP contribution in [0.2, 0.25) is 0 Å². The van der Waals surface area contributed by atoms with Crippen LogP contribution in [0.4, 0.5) is 0 Å². The Hall–Kier alpha value is -0.500. The number of halogens is 1. The first-order valence-corrected chi connectivity index (χ1v) is 6.96. The van der Waals surface area contributed by atoms with Crippen molar-refractivity contribution in [2.24, 2.45) is 5.92 Å². The number of rotatable bonds is 5. The lowest BCUT2D eigenvalue weighted by atomic mass is 9.85. The van der Waals surface area contributed by atoms with Crippen molar-refractivity contribution in [3.05, 3.63) is 17.0 Å². The first-order chi connectivity index (χ1) is 7.80. The first-order valence-electron chi connectivity index (χ1n) is 6.43. The molecule has 0 aliphatic heterocycles. The van der Waals surface area contributed by atoms with Gasteiger partial charge in [-0.05, 0) is 31.6 Å². The molecule has 0 amide bonds. The van der Waals surface area contributed by atoms with Crippen LogP contribution in [0.5, 0.6) is 0 Å². The van der Waals surface area contributed by atoms with E-state index < -0.39 is 0 Å². The SMILES string of the molecule is CCc1nn(CC2CCC2)c(CC)c1CCl. The van der Waals surface area contributed by atoms with Gasteiger partial charge in [0.25, 0.3) is 0 Å². The van der Waals surface area contributed by atoms with E-state index in [-0.39, 0.29) is 0 Å². The quantitative estimate of drug-likeness (QED) is 0.720. The lowest BCUT2D eigenvalue weighted by molar-refractivity contribution is 0.263. The average molecular weight is 241 g/mol. The summed E-state index contributed by atoms with van der Waals surface area (Å²) < 4.78 is 2.22. The minimum Gasteiger partial charge on any atom is -0.269 e. The third-order valence-corrected chi connectivity index (χ3v) is 3.98. The summed E-state index contributed by atoms with van der Waals surface area (Å²) in [4.78, 5) is 0. The Labute approximate surface area is 103 Å². The topological polar surface area (TPSA) is 17.8 Å². The highest BCUT2D eigenvalue weighted by Crippen LogP contribution is 2.29. The van der Waals surface area contributed by atoms with Crippen LogP contribution in [0.25, 0.3) is 0 Å². The van der Waals surface area contributed by atoms with Crippen LogP contribution in [0.1, 0.15) is 50.1 Å². The molecule has 0 spiro atoms. The van der Waals surface area contributed by atoms with Gasteiger partial charge in [0.1, 0.15) is 0 Å². The van der Waals surface area contributed by atoms with Crippen LogP contribution in [-0.4, -0.2) is 9.78 Å². The molecule has 1 heterocycles. The molecule has 1 aromatic heterocycles. The zero-order chi connectivity index (χ0) is 11.5. The molecule has 2 rings (SSSR count). The third-order valence-electron chi connectivity index (χ3n) is 3.71. The molecule has 3 heteroatoms. The predicted molar refractivity (Wildman–Crippen MR) is 67.9 cm³/mol. The summed E-state index contributed by atoms with van der Waals surface area (Å²) in [6.07, 6.45) is 6.19. The van der Waals surface area contributed by atoms with Gasteiger partial charge in [0.05, 0.1) is 11.6 Å². The van der Waals surface area contributed by atoms with Crippen LogP contribution >= 0.6 is 11.6 Å². The third kappa shape index (κ3) is 2.13. The predicted octanol–water partition coefficient (Wildman–Crippen LogP) is 3.55. The Balaban J connectivity index is 2.24. The summed E-state index contributed by atoms with van der Waals surface area (Å²) in [7, 11) is 0. The van der Waals surface area contributed by atoms with Gasteiger partial charge < -0.3 is 0 Å². The van der Waals surface area contributed by atoms with E-state index in [4.69, 9.17) is 16.7 Å².